The van der Waals surface area contributed by atoms with E-state index in [9.17, 15) is 0 Å². The van der Waals surface area contributed by atoms with Crippen molar-refractivity contribution in [2.45, 2.75) is 39.0 Å². The van der Waals surface area contributed by atoms with Gasteiger partial charge in [-0.25, -0.2) is 0 Å². The van der Waals surface area contributed by atoms with E-state index in [1.54, 1.807) is 0 Å². The Morgan fingerprint density at radius 2 is 1.79 bits per heavy atom. The third-order valence-electron chi connectivity index (χ3n) is 3.98. The molecule has 0 spiro atoms. The minimum Gasteiger partial charge on any atom is -0.106 e. The van der Waals surface area contributed by atoms with Gasteiger partial charge in [-0.15, -0.1) is 9.24 Å². The van der Waals surface area contributed by atoms with Crippen LogP contribution in [0, 0.1) is 5.41 Å². The van der Waals surface area contributed by atoms with Crippen molar-refractivity contribution in [3.8, 4) is 0 Å². The Morgan fingerprint density at radius 3 is 2.21 bits per heavy atom. The van der Waals surface area contributed by atoms with Crippen molar-refractivity contribution in [2.75, 3.05) is 0 Å². The molecule has 0 saturated heterocycles. The highest BCUT2D eigenvalue weighted by Crippen LogP contribution is 2.50. The van der Waals surface area contributed by atoms with E-state index in [-0.39, 0.29) is 0 Å². The van der Waals surface area contributed by atoms with Gasteiger partial charge in [-0.1, -0.05) is 44.5 Å². The lowest BCUT2D eigenvalue weighted by atomic mass is 9.61. The molecular weight excluding hydrogens is 187 g/mol. The minimum atomic E-state index is 0.572. The van der Waals surface area contributed by atoms with Crippen molar-refractivity contribution >= 4 is 14.5 Å². The van der Waals surface area contributed by atoms with Gasteiger partial charge < -0.3 is 0 Å². The van der Waals surface area contributed by atoms with Crippen molar-refractivity contribution in [3.05, 3.63) is 29.8 Å². The second-order valence-corrected chi connectivity index (χ2v) is 5.56. The van der Waals surface area contributed by atoms with Crippen LogP contribution in [-0.4, -0.2) is 0 Å². The van der Waals surface area contributed by atoms with Crippen LogP contribution in [0.4, 0.5) is 0 Å². The first-order valence-electron chi connectivity index (χ1n) is 5.47. The summed E-state index contributed by atoms with van der Waals surface area (Å²) in [7, 11) is 2.74. The minimum absolute atomic E-state index is 0.572. The second-order valence-electron chi connectivity index (χ2n) is 4.90. The molecule has 0 radical (unpaired) electrons. The number of hydrogen-bond donors (Lipinski definition) is 0. The van der Waals surface area contributed by atoms with E-state index in [1.807, 2.05) is 0 Å². The second kappa shape index (κ2) is 3.66. The Kier molecular flexibility index (Phi) is 2.66. The van der Waals surface area contributed by atoms with Crippen molar-refractivity contribution < 1.29 is 0 Å². The van der Waals surface area contributed by atoms with Gasteiger partial charge in [0.05, 0.1) is 0 Å². The molecule has 1 heteroatoms. The largest absolute Gasteiger partial charge is 0.106 e. The molecule has 14 heavy (non-hydrogen) atoms. The van der Waals surface area contributed by atoms with E-state index in [0.29, 0.717) is 11.3 Å². The molecule has 0 aliphatic heterocycles. The van der Waals surface area contributed by atoms with Crippen LogP contribution in [0.1, 0.15) is 44.6 Å². The first kappa shape index (κ1) is 10.2. The zero-order chi connectivity index (χ0) is 10.2. The van der Waals surface area contributed by atoms with Gasteiger partial charge in [0.15, 0.2) is 0 Å². The third kappa shape index (κ3) is 1.73. The highest BCUT2D eigenvalue weighted by Gasteiger charge is 2.37. The summed E-state index contributed by atoms with van der Waals surface area (Å²) in [6.45, 7) is 4.80. The Bertz CT molecular complexity index is 309. The average molecular weight is 206 g/mol. The van der Waals surface area contributed by atoms with Crippen molar-refractivity contribution in [2.24, 2.45) is 5.41 Å². The molecular formula is C13H19P. The Labute approximate surface area is 89.3 Å². The van der Waals surface area contributed by atoms with Crippen LogP contribution in [0.2, 0.25) is 0 Å². The molecule has 1 saturated carbocycles. The van der Waals surface area contributed by atoms with Gasteiger partial charge in [0.2, 0.25) is 0 Å². The lowest BCUT2D eigenvalue weighted by molar-refractivity contribution is 0.125. The van der Waals surface area contributed by atoms with E-state index < -0.39 is 0 Å². The van der Waals surface area contributed by atoms with Gasteiger partial charge in [-0.3, -0.25) is 0 Å². The molecule has 0 N–H and O–H groups in total. The van der Waals surface area contributed by atoms with Gasteiger partial charge in [0.25, 0.3) is 0 Å². The third-order valence-corrected chi connectivity index (χ3v) is 4.36. The zero-order valence-corrected chi connectivity index (χ0v) is 10.2. The van der Waals surface area contributed by atoms with Gasteiger partial charge in [0.1, 0.15) is 0 Å². The molecule has 1 aliphatic carbocycles. The number of rotatable bonds is 2. The standard InChI is InChI=1S/C13H19P/c1-10(13(2)8-3-9-13)11-4-6-12(14)7-5-11/h4-7,10H,3,8-9,14H2,1-2H3. The Morgan fingerprint density at radius 1 is 1.21 bits per heavy atom. The van der Waals surface area contributed by atoms with E-state index in [1.165, 1.54) is 30.1 Å². The van der Waals surface area contributed by atoms with Crippen molar-refractivity contribution in [1.82, 2.24) is 0 Å². The Hall–Kier alpha value is -0.350. The molecule has 2 atom stereocenters. The first-order chi connectivity index (χ1) is 6.62. The fourth-order valence-electron chi connectivity index (χ4n) is 2.35. The maximum absolute atomic E-state index is 2.74. The predicted octanol–water partition coefficient (Wildman–Crippen LogP) is 3.48. The van der Waals surface area contributed by atoms with Crippen LogP contribution in [0.25, 0.3) is 0 Å². The predicted molar refractivity (Wildman–Crippen MR) is 66.2 cm³/mol. The average Bonchev–Trinajstić information content (AvgIpc) is 2.14. The van der Waals surface area contributed by atoms with Crippen LogP contribution in [0.5, 0.6) is 0 Å². The molecule has 76 valence electrons. The normalized spacial score (nSPS) is 21.4. The highest BCUT2D eigenvalue weighted by molar-refractivity contribution is 7.27. The summed E-state index contributed by atoms with van der Waals surface area (Å²) in [6, 6.07) is 8.93. The van der Waals surface area contributed by atoms with Crippen LogP contribution < -0.4 is 5.30 Å². The molecule has 1 aromatic carbocycles. The topological polar surface area (TPSA) is 0 Å². The summed E-state index contributed by atoms with van der Waals surface area (Å²) in [5.74, 6) is 0.710. The summed E-state index contributed by atoms with van der Waals surface area (Å²) < 4.78 is 0. The maximum Gasteiger partial charge on any atom is -0.0136 e. The van der Waals surface area contributed by atoms with Crippen LogP contribution >= 0.6 is 9.24 Å². The molecule has 2 rings (SSSR count). The lowest BCUT2D eigenvalue weighted by Gasteiger charge is -2.44. The van der Waals surface area contributed by atoms with E-state index >= 15 is 0 Å². The van der Waals surface area contributed by atoms with Gasteiger partial charge >= 0.3 is 0 Å². The molecule has 0 bridgehead atoms. The Balaban J connectivity index is 2.18. The van der Waals surface area contributed by atoms with Gasteiger partial charge in [-0.2, -0.15) is 0 Å². The van der Waals surface area contributed by atoms with E-state index in [2.05, 4.69) is 47.4 Å². The molecule has 0 aromatic heterocycles. The molecule has 1 aromatic rings. The van der Waals surface area contributed by atoms with Crippen LogP contribution in [0.3, 0.4) is 0 Å². The van der Waals surface area contributed by atoms with Gasteiger partial charge in [-0.05, 0) is 35.0 Å². The number of hydrogen-bond acceptors (Lipinski definition) is 0. The van der Waals surface area contributed by atoms with E-state index in [4.69, 9.17) is 0 Å². The molecule has 1 fully saturated rings. The first-order valence-corrected chi connectivity index (χ1v) is 6.05. The van der Waals surface area contributed by atoms with Crippen LogP contribution in [0.15, 0.2) is 24.3 Å². The van der Waals surface area contributed by atoms with Crippen LogP contribution in [-0.2, 0) is 0 Å². The summed E-state index contributed by atoms with van der Waals surface area (Å²) in [5.41, 5.74) is 2.07. The molecule has 0 amide bonds. The summed E-state index contributed by atoms with van der Waals surface area (Å²) in [6.07, 6.45) is 4.22. The smallest absolute Gasteiger partial charge is 0.0136 e. The molecule has 1 aliphatic rings. The zero-order valence-electron chi connectivity index (χ0n) is 9.09. The lowest BCUT2D eigenvalue weighted by Crippen LogP contribution is -2.31. The molecule has 2 unspecified atom stereocenters. The summed E-state index contributed by atoms with van der Waals surface area (Å²) >= 11 is 0. The van der Waals surface area contributed by atoms with Gasteiger partial charge in [0, 0.05) is 0 Å². The summed E-state index contributed by atoms with van der Waals surface area (Å²) in [5, 5.41) is 1.28. The number of benzene rings is 1. The quantitative estimate of drug-likeness (QED) is 0.650. The highest BCUT2D eigenvalue weighted by atomic mass is 31.0. The van der Waals surface area contributed by atoms with E-state index in [0.717, 1.165) is 0 Å². The molecule has 0 heterocycles. The monoisotopic (exact) mass is 206 g/mol. The fourth-order valence-corrected chi connectivity index (χ4v) is 2.55. The SMILES string of the molecule is CC(c1ccc(P)cc1)C1(C)CCC1. The summed E-state index contributed by atoms with van der Waals surface area (Å²) in [4.78, 5) is 0. The van der Waals surface area contributed by atoms with Crippen molar-refractivity contribution in [1.29, 1.82) is 0 Å². The maximum atomic E-state index is 2.74. The fraction of sp³-hybridized carbons (Fsp3) is 0.538. The molecule has 0 nitrogen and oxygen atoms in total. The van der Waals surface area contributed by atoms with Crippen molar-refractivity contribution in [3.63, 3.8) is 0 Å².